The number of anilines is 1. The molecule has 0 bridgehead atoms. The number of aromatic nitrogens is 1. The molecule has 0 unspecified atom stereocenters. The molecule has 0 radical (unpaired) electrons. The molecule has 0 atom stereocenters. The van der Waals surface area contributed by atoms with Crippen molar-refractivity contribution in [1.29, 1.82) is 0 Å². The van der Waals surface area contributed by atoms with Crippen LogP contribution in [0.25, 0.3) is 0 Å². The number of piperidine rings is 1. The summed E-state index contributed by atoms with van der Waals surface area (Å²) < 4.78 is 53.5. The number of nitrogens with one attached hydrogen (secondary N) is 1. The minimum absolute atomic E-state index is 0.0206. The molecule has 1 aliphatic rings. The van der Waals surface area contributed by atoms with Crippen molar-refractivity contribution < 1.29 is 22.4 Å². The van der Waals surface area contributed by atoms with Crippen LogP contribution in [0.4, 0.5) is 23.2 Å². The second kappa shape index (κ2) is 7.81. The Hall–Kier alpha value is -1.86. The van der Waals surface area contributed by atoms with Gasteiger partial charge in [-0.3, -0.25) is 4.79 Å². The summed E-state index contributed by atoms with van der Waals surface area (Å²) in [4.78, 5) is 16.6. The molecule has 1 aromatic heterocycles. The number of likely N-dealkylation sites (tertiary alicyclic amines) is 1. The normalized spacial score (nSPS) is 15.9. The maximum Gasteiger partial charge on any atom is 0.253 e. The van der Waals surface area contributed by atoms with E-state index < -0.39 is 29.2 Å². The van der Waals surface area contributed by atoms with Crippen LogP contribution in [0.15, 0.2) is 0 Å². The molecule has 4 nitrogen and oxygen atoms in total. The summed E-state index contributed by atoms with van der Waals surface area (Å²) in [5.41, 5.74) is -0.843. The van der Waals surface area contributed by atoms with Gasteiger partial charge < -0.3 is 10.2 Å². The van der Waals surface area contributed by atoms with E-state index in [9.17, 15) is 22.4 Å². The van der Waals surface area contributed by atoms with Crippen LogP contribution in [-0.2, 0) is 4.79 Å². The topological polar surface area (TPSA) is 45.2 Å². The molecule has 0 saturated carbocycles. The Morgan fingerprint density at radius 1 is 1.12 bits per heavy atom. The first kappa shape index (κ1) is 18.5. The Morgan fingerprint density at radius 2 is 1.62 bits per heavy atom. The Kier molecular flexibility index (Phi) is 6.01. The van der Waals surface area contributed by atoms with Crippen LogP contribution < -0.4 is 5.32 Å². The maximum absolute atomic E-state index is 13.6. The van der Waals surface area contributed by atoms with Crippen LogP contribution >= 0.6 is 0 Å². The maximum atomic E-state index is 13.6. The number of carbonyl (C=O) groups is 1. The van der Waals surface area contributed by atoms with E-state index in [1.807, 2.05) is 13.8 Å². The van der Waals surface area contributed by atoms with Gasteiger partial charge in [0.15, 0.2) is 0 Å². The number of rotatable bonds is 5. The number of carbonyl (C=O) groups excluding carboxylic acids is 1. The van der Waals surface area contributed by atoms with E-state index in [1.54, 1.807) is 4.90 Å². The molecule has 24 heavy (non-hydrogen) atoms. The summed E-state index contributed by atoms with van der Waals surface area (Å²) in [6, 6.07) is -0.374. The largest absolute Gasteiger partial charge is 0.377 e. The van der Waals surface area contributed by atoms with E-state index in [-0.39, 0.29) is 17.9 Å². The lowest BCUT2D eigenvalue weighted by Gasteiger charge is -2.34. The number of amides is 1. The Bertz CT molecular complexity index is 573. The van der Waals surface area contributed by atoms with Crippen molar-refractivity contribution >= 4 is 11.6 Å². The van der Waals surface area contributed by atoms with Gasteiger partial charge in [0.05, 0.1) is 0 Å². The van der Waals surface area contributed by atoms with Crippen LogP contribution in [0.3, 0.4) is 0 Å². The average molecular weight is 347 g/mol. The molecule has 2 rings (SSSR count). The number of hydrogen-bond acceptors (Lipinski definition) is 3. The van der Waals surface area contributed by atoms with Crippen molar-refractivity contribution in [2.75, 3.05) is 18.4 Å². The summed E-state index contributed by atoms with van der Waals surface area (Å²) in [6.45, 7) is 4.79. The highest BCUT2D eigenvalue weighted by molar-refractivity contribution is 5.78. The van der Waals surface area contributed by atoms with Crippen LogP contribution in [0.2, 0.25) is 0 Å². The van der Waals surface area contributed by atoms with Crippen LogP contribution in [0, 0.1) is 29.4 Å². The highest BCUT2D eigenvalue weighted by Crippen LogP contribution is 2.25. The first-order chi connectivity index (χ1) is 11.4. The molecule has 134 valence electrons. The minimum Gasteiger partial charge on any atom is -0.377 e. The average Bonchev–Trinajstić information content (AvgIpc) is 2.58. The van der Waals surface area contributed by atoms with Gasteiger partial charge in [-0.15, -0.1) is 0 Å². The summed E-state index contributed by atoms with van der Waals surface area (Å²) >= 11 is 0. The van der Waals surface area contributed by atoms with E-state index >= 15 is 0 Å². The molecule has 8 heteroatoms. The van der Waals surface area contributed by atoms with Crippen LogP contribution in [0.1, 0.15) is 39.5 Å². The monoisotopic (exact) mass is 347 g/mol. The SMILES string of the molecule is CCC(CC)C(=O)N1CCC(Nc2c(F)c(F)nc(F)c2F)CC1. The fraction of sp³-hybridized carbons (Fsp3) is 0.625. The van der Waals surface area contributed by atoms with Gasteiger partial charge in [-0.05, 0) is 25.7 Å². The lowest BCUT2D eigenvalue weighted by molar-refractivity contribution is -0.136. The zero-order chi connectivity index (χ0) is 17.9. The third-order valence-corrected chi connectivity index (χ3v) is 4.49. The van der Waals surface area contributed by atoms with Crippen LogP contribution in [-0.4, -0.2) is 34.9 Å². The molecule has 1 N–H and O–H groups in total. The Morgan fingerprint density at radius 3 is 2.08 bits per heavy atom. The van der Waals surface area contributed by atoms with Gasteiger partial charge in [0.2, 0.25) is 17.5 Å². The molecule has 2 heterocycles. The van der Waals surface area contributed by atoms with Gasteiger partial charge in [-0.25, -0.2) is 0 Å². The molecular formula is C16H21F4N3O. The minimum atomic E-state index is -1.68. The number of halogens is 4. The number of nitrogens with zero attached hydrogens (tertiary/aromatic N) is 2. The molecule has 0 aliphatic carbocycles. The van der Waals surface area contributed by atoms with E-state index in [1.165, 1.54) is 0 Å². The van der Waals surface area contributed by atoms with Crippen molar-refractivity contribution in [2.24, 2.45) is 5.92 Å². The van der Waals surface area contributed by atoms with Crippen molar-refractivity contribution in [2.45, 2.75) is 45.6 Å². The Labute approximate surface area is 138 Å². The van der Waals surface area contributed by atoms with Gasteiger partial charge in [0.1, 0.15) is 5.69 Å². The first-order valence-electron chi connectivity index (χ1n) is 8.14. The molecule has 1 aromatic rings. The van der Waals surface area contributed by atoms with Crippen LogP contribution in [0.5, 0.6) is 0 Å². The van der Waals surface area contributed by atoms with E-state index in [2.05, 4.69) is 10.3 Å². The predicted octanol–water partition coefficient (Wildman–Crippen LogP) is 3.48. The molecule has 1 aliphatic heterocycles. The third-order valence-electron chi connectivity index (χ3n) is 4.49. The predicted molar refractivity (Wildman–Crippen MR) is 81.4 cm³/mol. The highest BCUT2D eigenvalue weighted by Gasteiger charge is 2.28. The second-order valence-corrected chi connectivity index (χ2v) is 5.95. The van der Waals surface area contributed by atoms with Gasteiger partial charge in [0, 0.05) is 25.0 Å². The Balaban J connectivity index is 2.01. The van der Waals surface area contributed by atoms with E-state index in [4.69, 9.17) is 0 Å². The molecule has 1 amide bonds. The number of pyridine rings is 1. The van der Waals surface area contributed by atoms with Gasteiger partial charge in [-0.2, -0.15) is 22.5 Å². The van der Waals surface area contributed by atoms with Crippen molar-refractivity contribution in [3.63, 3.8) is 0 Å². The van der Waals surface area contributed by atoms with E-state index in [0.29, 0.717) is 25.9 Å². The van der Waals surface area contributed by atoms with Crippen molar-refractivity contribution in [3.8, 4) is 0 Å². The summed E-state index contributed by atoms with van der Waals surface area (Å²) in [7, 11) is 0. The standard InChI is InChI=1S/C16H21F4N3O/c1-3-9(4-2)16(24)23-7-5-10(6-8-23)21-13-11(17)14(19)22-15(20)12(13)18/h9-10H,3-8H2,1-2H3,(H,21,22). The van der Waals surface area contributed by atoms with Gasteiger partial charge in [0.25, 0.3) is 11.9 Å². The van der Waals surface area contributed by atoms with Gasteiger partial charge in [-0.1, -0.05) is 13.8 Å². The number of hydrogen-bond donors (Lipinski definition) is 1. The molecular weight excluding hydrogens is 326 g/mol. The quantitative estimate of drug-likeness (QED) is 0.655. The molecule has 1 fully saturated rings. The van der Waals surface area contributed by atoms with E-state index in [0.717, 1.165) is 12.8 Å². The lowest BCUT2D eigenvalue weighted by atomic mass is 9.98. The summed E-state index contributed by atoms with van der Waals surface area (Å²) in [6.07, 6.45) is 2.41. The molecule has 1 saturated heterocycles. The second-order valence-electron chi connectivity index (χ2n) is 5.95. The summed E-state index contributed by atoms with van der Waals surface area (Å²) in [5, 5.41) is 2.51. The highest BCUT2D eigenvalue weighted by atomic mass is 19.2. The third kappa shape index (κ3) is 3.79. The lowest BCUT2D eigenvalue weighted by Crippen LogP contribution is -2.44. The van der Waals surface area contributed by atoms with Gasteiger partial charge >= 0.3 is 0 Å². The smallest absolute Gasteiger partial charge is 0.253 e. The fourth-order valence-electron chi connectivity index (χ4n) is 2.96. The first-order valence-corrected chi connectivity index (χ1v) is 8.14. The fourth-order valence-corrected chi connectivity index (χ4v) is 2.96. The molecule has 0 aromatic carbocycles. The molecule has 0 spiro atoms. The van der Waals surface area contributed by atoms with Crippen molar-refractivity contribution in [3.05, 3.63) is 23.5 Å². The summed E-state index contributed by atoms with van der Waals surface area (Å²) in [5.74, 6) is -6.38. The zero-order valence-electron chi connectivity index (χ0n) is 13.7. The van der Waals surface area contributed by atoms with Crippen molar-refractivity contribution in [1.82, 2.24) is 9.88 Å². The zero-order valence-corrected chi connectivity index (χ0v) is 13.7.